The third kappa shape index (κ3) is 4.68. The summed E-state index contributed by atoms with van der Waals surface area (Å²) in [6, 6.07) is 11.8. The molecule has 1 heterocycles. The van der Waals surface area contributed by atoms with Crippen LogP contribution in [0.2, 0.25) is 0 Å². The van der Waals surface area contributed by atoms with Crippen LogP contribution in [0.1, 0.15) is 39.9 Å². The van der Waals surface area contributed by atoms with Crippen molar-refractivity contribution in [1.82, 2.24) is 4.90 Å². The van der Waals surface area contributed by atoms with Crippen LogP contribution in [0.15, 0.2) is 42.5 Å². The molecule has 1 aliphatic heterocycles. The van der Waals surface area contributed by atoms with Crippen molar-refractivity contribution in [2.75, 3.05) is 0 Å². The van der Waals surface area contributed by atoms with Crippen molar-refractivity contribution in [2.45, 2.75) is 37.9 Å². The lowest BCUT2D eigenvalue weighted by Gasteiger charge is -2.24. The van der Waals surface area contributed by atoms with Gasteiger partial charge >= 0.3 is 5.97 Å². The molecule has 3 rings (SSSR count). The summed E-state index contributed by atoms with van der Waals surface area (Å²) in [5.74, 6) is -1.15. The maximum absolute atomic E-state index is 12.8. The second-order valence-corrected chi connectivity index (χ2v) is 7.07. The van der Waals surface area contributed by atoms with E-state index in [4.69, 9.17) is 27.2 Å². The highest BCUT2D eigenvalue weighted by molar-refractivity contribution is 6.17. The maximum atomic E-state index is 12.8. The summed E-state index contributed by atoms with van der Waals surface area (Å²) in [6.45, 7) is 0.453. The van der Waals surface area contributed by atoms with E-state index in [2.05, 4.69) is 0 Å². The summed E-state index contributed by atoms with van der Waals surface area (Å²) < 4.78 is 5.92. The van der Waals surface area contributed by atoms with Gasteiger partial charge in [0, 0.05) is 23.4 Å². The fraction of sp³-hybridized carbons (Fsp3) is 0.286. The number of hydrogen-bond acceptors (Lipinski definition) is 4. The number of alkyl halides is 1. The Morgan fingerprint density at radius 3 is 2.48 bits per heavy atom. The zero-order valence-corrected chi connectivity index (χ0v) is 16.4. The van der Waals surface area contributed by atoms with Crippen LogP contribution in [-0.2, 0) is 28.6 Å². The Morgan fingerprint density at radius 2 is 1.86 bits per heavy atom. The Labute approximate surface area is 173 Å². The average molecular weight is 417 g/mol. The molecular formula is C21H21ClN2O5. The van der Waals surface area contributed by atoms with Crippen LogP contribution in [0.25, 0.3) is 0 Å². The zero-order valence-electron chi connectivity index (χ0n) is 15.6. The SMILES string of the molecule is NC(=O)C(CCC(=O)O)N1Cc2c(OCc3ccc(CCl)cc3)cccc2C1=O. The highest BCUT2D eigenvalue weighted by Crippen LogP contribution is 2.33. The maximum Gasteiger partial charge on any atom is 0.303 e. The molecule has 152 valence electrons. The molecule has 0 spiro atoms. The number of amides is 2. The van der Waals surface area contributed by atoms with Gasteiger partial charge in [0.2, 0.25) is 5.91 Å². The molecule has 0 fully saturated rings. The summed E-state index contributed by atoms with van der Waals surface area (Å²) in [4.78, 5) is 36.8. The first-order valence-electron chi connectivity index (χ1n) is 9.11. The smallest absolute Gasteiger partial charge is 0.303 e. The number of nitrogens with two attached hydrogens (primary N) is 1. The van der Waals surface area contributed by atoms with Gasteiger partial charge in [0.25, 0.3) is 5.91 Å². The molecule has 0 saturated heterocycles. The normalized spacial score (nSPS) is 13.8. The monoisotopic (exact) mass is 416 g/mol. The van der Waals surface area contributed by atoms with Gasteiger partial charge in [-0.3, -0.25) is 14.4 Å². The van der Waals surface area contributed by atoms with Gasteiger partial charge in [-0.2, -0.15) is 0 Å². The van der Waals surface area contributed by atoms with Crippen molar-refractivity contribution in [3.05, 3.63) is 64.7 Å². The average Bonchev–Trinajstić information content (AvgIpc) is 3.03. The molecule has 0 aliphatic carbocycles. The third-order valence-corrected chi connectivity index (χ3v) is 5.17. The van der Waals surface area contributed by atoms with Gasteiger partial charge < -0.3 is 20.5 Å². The van der Waals surface area contributed by atoms with E-state index < -0.39 is 17.9 Å². The Morgan fingerprint density at radius 1 is 1.17 bits per heavy atom. The van der Waals surface area contributed by atoms with Crippen molar-refractivity contribution in [3.8, 4) is 5.75 Å². The number of rotatable bonds is 9. The number of carbonyl (C=O) groups excluding carboxylic acids is 2. The van der Waals surface area contributed by atoms with Gasteiger partial charge in [-0.15, -0.1) is 11.6 Å². The topological polar surface area (TPSA) is 110 Å². The predicted octanol–water partition coefficient (Wildman–Crippen LogP) is 2.68. The second-order valence-electron chi connectivity index (χ2n) is 6.80. The molecule has 1 aliphatic rings. The summed E-state index contributed by atoms with van der Waals surface area (Å²) in [5, 5.41) is 8.90. The number of carboxylic acids is 1. The highest BCUT2D eigenvalue weighted by Gasteiger charge is 2.37. The number of primary amides is 1. The van der Waals surface area contributed by atoms with E-state index in [9.17, 15) is 14.4 Å². The number of hydrogen-bond donors (Lipinski definition) is 2. The molecule has 0 bridgehead atoms. The number of carboxylic acid groups (broad SMARTS) is 1. The lowest BCUT2D eigenvalue weighted by molar-refractivity contribution is -0.137. The Balaban J connectivity index is 1.76. The van der Waals surface area contributed by atoms with Crippen LogP contribution in [0, 0.1) is 0 Å². The zero-order chi connectivity index (χ0) is 21.0. The lowest BCUT2D eigenvalue weighted by atomic mass is 10.1. The molecule has 3 N–H and O–H groups in total. The summed E-state index contributed by atoms with van der Waals surface area (Å²) in [5.41, 5.74) is 8.49. The van der Waals surface area contributed by atoms with Gasteiger partial charge in [0.1, 0.15) is 18.4 Å². The number of fused-ring (bicyclic) bond motifs is 1. The van der Waals surface area contributed by atoms with Gasteiger partial charge in [-0.25, -0.2) is 0 Å². The largest absolute Gasteiger partial charge is 0.489 e. The fourth-order valence-corrected chi connectivity index (χ4v) is 3.49. The van der Waals surface area contributed by atoms with Crippen molar-refractivity contribution in [3.63, 3.8) is 0 Å². The fourth-order valence-electron chi connectivity index (χ4n) is 3.31. The molecule has 2 amide bonds. The van der Waals surface area contributed by atoms with Crippen molar-refractivity contribution in [2.24, 2.45) is 5.73 Å². The van der Waals surface area contributed by atoms with Crippen molar-refractivity contribution in [1.29, 1.82) is 0 Å². The minimum Gasteiger partial charge on any atom is -0.489 e. The number of carbonyl (C=O) groups is 3. The van der Waals surface area contributed by atoms with Crippen LogP contribution in [-0.4, -0.2) is 33.8 Å². The minimum absolute atomic E-state index is 0.0342. The van der Waals surface area contributed by atoms with E-state index in [1.807, 2.05) is 24.3 Å². The molecule has 7 nitrogen and oxygen atoms in total. The van der Waals surface area contributed by atoms with E-state index in [0.29, 0.717) is 29.4 Å². The Hall–Kier alpha value is -3.06. The molecule has 8 heteroatoms. The molecule has 1 atom stereocenters. The summed E-state index contributed by atoms with van der Waals surface area (Å²) >= 11 is 5.80. The molecule has 1 unspecified atom stereocenters. The molecular weight excluding hydrogens is 396 g/mol. The molecule has 0 saturated carbocycles. The standard InChI is InChI=1S/C21H21ClN2O5/c22-10-13-4-6-14(7-5-13)12-29-18-3-1-2-15-16(18)11-24(21(15)28)17(20(23)27)8-9-19(25)26/h1-7,17H,8-12H2,(H2,23,27)(H,25,26). The van der Waals surface area contributed by atoms with E-state index in [-0.39, 0.29) is 25.3 Å². The lowest BCUT2D eigenvalue weighted by Crippen LogP contribution is -2.45. The van der Waals surface area contributed by atoms with Crippen LogP contribution in [0.3, 0.4) is 0 Å². The number of halogens is 1. The quantitative estimate of drug-likeness (QED) is 0.610. The van der Waals surface area contributed by atoms with Crippen LogP contribution >= 0.6 is 11.6 Å². The van der Waals surface area contributed by atoms with Crippen molar-refractivity contribution >= 4 is 29.4 Å². The number of benzene rings is 2. The summed E-state index contributed by atoms with van der Waals surface area (Å²) in [7, 11) is 0. The Kier molecular flexibility index (Phi) is 6.39. The van der Waals surface area contributed by atoms with E-state index in [1.54, 1.807) is 18.2 Å². The van der Waals surface area contributed by atoms with Gasteiger partial charge in [-0.1, -0.05) is 30.3 Å². The first-order valence-corrected chi connectivity index (χ1v) is 9.64. The third-order valence-electron chi connectivity index (χ3n) is 4.86. The van der Waals surface area contributed by atoms with Crippen LogP contribution in [0.4, 0.5) is 0 Å². The van der Waals surface area contributed by atoms with Crippen molar-refractivity contribution < 1.29 is 24.2 Å². The first-order chi connectivity index (χ1) is 13.9. The van der Waals surface area contributed by atoms with Gasteiger partial charge in [0.15, 0.2) is 0 Å². The Bertz CT molecular complexity index is 929. The number of nitrogens with zero attached hydrogens (tertiary/aromatic N) is 1. The van der Waals surface area contributed by atoms with E-state index in [1.165, 1.54) is 4.90 Å². The van der Waals surface area contributed by atoms with Gasteiger partial charge in [-0.05, 0) is 29.7 Å². The predicted molar refractivity (Wildman–Crippen MR) is 106 cm³/mol. The van der Waals surface area contributed by atoms with E-state index >= 15 is 0 Å². The number of ether oxygens (including phenoxy) is 1. The minimum atomic E-state index is -1.05. The molecule has 0 aromatic heterocycles. The van der Waals surface area contributed by atoms with Gasteiger partial charge in [0.05, 0.1) is 6.54 Å². The summed E-state index contributed by atoms with van der Waals surface area (Å²) in [6.07, 6.45) is -0.289. The molecule has 29 heavy (non-hydrogen) atoms. The molecule has 2 aromatic rings. The van der Waals surface area contributed by atoms with Crippen LogP contribution < -0.4 is 10.5 Å². The number of aliphatic carboxylic acids is 1. The first kappa shape index (κ1) is 20.7. The van der Waals surface area contributed by atoms with Crippen LogP contribution in [0.5, 0.6) is 5.75 Å². The highest BCUT2D eigenvalue weighted by atomic mass is 35.5. The second kappa shape index (κ2) is 8.96. The molecule has 2 aromatic carbocycles. The molecule has 0 radical (unpaired) electrons. The van der Waals surface area contributed by atoms with E-state index in [0.717, 1.165) is 11.1 Å².